The van der Waals surface area contributed by atoms with Gasteiger partial charge in [0.05, 0.1) is 0 Å². The van der Waals surface area contributed by atoms with Crippen LogP contribution in [0, 0.1) is 0 Å². The van der Waals surface area contributed by atoms with Gasteiger partial charge in [0, 0.05) is 11.7 Å². The van der Waals surface area contributed by atoms with Crippen LogP contribution in [0.1, 0.15) is 59.4 Å². The van der Waals surface area contributed by atoms with E-state index in [-0.39, 0.29) is 0 Å². The van der Waals surface area contributed by atoms with E-state index in [0.29, 0.717) is 6.04 Å². The second kappa shape index (κ2) is 9.56. The van der Waals surface area contributed by atoms with Crippen molar-refractivity contribution in [1.29, 1.82) is 0 Å². The molecule has 0 aliphatic carbocycles. The molecule has 4 heteroatoms. The Balaban J connectivity index is 2.40. The molecule has 0 saturated heterocycles. The van der Waals surface area contributed by atoms with Gasteiger partial charge < -0.3 is 10.1 Å². The zero-order valence-corrected chi connectivity index (χ0v) is 15.2. The van der Waals surface area contributed by atoms with Gasteiger partial charge in [-0.2, -0.15) is 0 Å². The molecular formula is C19H32N2O2. The Bertz CT molecular complexity index is 463. The van der Waals surface area contributed by atoms with E-state index in [4.69, 9.17) is 4.74 Å². The van der Waals surface area contributed by atoms with Gasteiger partial charge in [0.25, 0.3) is 0 Å². The Kier molecular flexibility index (Phi) is 8.10. The standard InChI is InChI=1S/C19H32N2O2/c1-6-8-16(7-2)20-14-13-15-9-11-17(12-10-15)21-18(22)23-19(3,4)5/h9-12,16,20H,6-8,13-14H2,1-5H3,(H,21,22). The van der Waals surface area contributed by atoms with Crippen molar-refractivity contribution in [3.63, 3.8) is 0 Å². The van der Waals surface area contributed by atoms with E-state index in [2.05, 4.69) is 36.6 Å². The Labute approximate surface area is 141 Å². The number of ether oxygens (including phenoxy) is 1. The molecule has 0 saturated carbocycles. The van der Waals surface area contributed by atoms with Crippen molar-refractivity contribution in [1.82, 2.24) is 5.32 Å². The fraction of sp³-hybridized carbons (Fsp3) is 0.632. The van der Waals surface area contributed by atoms with Gasteiger partial charge in [-0.3, -0.25) is 5.32 Å². The van der Waals surface area contributed by atoms with Crippen molar-refractivity contribution in [3.05, 3.63) is 29.8 Å². The molecule has 4 nitrogen and oxygen atoms in total. The summed E-state index contributed by atoms with van der Waals surface area (Å²) in [6.45, 7) is 11.0. The van der Waals surface area contributed by atoms with E-state index >= 15 is 0 Å². The molecule has 0 fully saturated rings. The van der Waals surface area contributed by atoms with Crippen molar-refractivity contribution >= 4 is 11.8 Å². The van der Waals surface area contributed by atoms with Crippen LogP contribution in [0.5, 0.6) is 0 Å². The van der Waals surface area contributed by atoms with Crippen LogP contribution < -0.4 is 10.6 Å². The van der Waals surface area contributed by atoms with Gasteiger partial charge in [-0.1, -0.05) is 32.4 Å². The lowest BCUT2D eigenvalue weighted by atomic mass is 10.1. The minimum absolute atomic E-state index is 0.419. The van der Waals surface area contributed by atoms with Gasteiger partial charge >= 0.3 is 6.09 Å². The number of nitrogens with one attached hydrogen (secondary N) is 2. The maximum absolute atomic E-state index is 11.7. The van der Waals surface area contributed by atoms with Crippen LogP contribution in [0.15, 0.2) is 24.3 Å². The van der Waals surface area contributed by atoms with Crippen LogP contribution in [0.2, 0.25) is 0 Å². The van der Waals surface area contributed by atoms with E-state index < -0.39 is 11.7 Å². The molecule has 0 spiro atoms. The van der Waals surface area contributed by atoms with Gasteiger partial charge in [0.2, 0.25) is 0 Å². The molecule has 1 atom stereocenters. The minimum Gasteiger partial charge on any atom is -0.444 e. The van der Waals surface area contributed by atoms with Crippen LogP contribution in [-0.4, -0.2) is 24.3 Å². The topological polar surface area (TPSA) is 50.4 Å². The van der Waals surface area contributed by atoms with Crippen LogP contribution in [-0.2, 0) is 11.2 Å². The molecule has 1 amide bonds. The zero-order chi connectivity index (χ0) is 17.3. The normalized spacial score (nSPS) is 12.7. The molecule has 1 aromatic rings. The Hall–Kier alpha value is -1.55. The molecule has 1 unspecified atom stereocenters. The second-order valence-electron chi connectivity index (χ2n) is 6.92. The van der Waals surface area contributed by atoms with Crippen LogP contribution in [0.25, 0.3) is 0 Å². The predicted octanol–water partition coefficient (Wildman–Crippen LogP) is 4.74. The number of hydrogen-bond acceptors (Lipinski definition) is 3. The van der Waals surface area contributed by atoms with Crippen LogP contribution >= 0.6 is 0 Å². The number of carbonyl (C=O) groups is 1. The average molecular weight is 320 g/mol. The van der Waals surface area contributed by atoms with E-state index in [0.717, 1.165) is 18.7 Å². The fourth-order valence-corrected chi connectivity index (χ4v) is 2.40. The summed E-state index contributed by atoms with van der Waals surface area (Å²) < 4.78 is 5.24. The van der Waals surface area contributed by atoms with E-state index in [1.54, 1.807) is 0 Å². The lowest BCUT2D eigenvalue weighted by Gasteiger charge is -2.19. The van der Waals surface area contributed by atoms with Crippen molar-refractivity contribution in [2.45, 2.75) is 71.9 Å². The van der Waals surface area contributed by atoms with Gasteiger partial charge in [-0.15, -0.1) is 0 Å². The summed E-state index contributed by atoms with van der Waals surface area (Å²) in [5.74, 6) is 0. The molecular weight excluding hydrogens is 288 g/mol. The number of rotatable bonds is 8. The van der Waals surface area contributed by atoms with E-state index in [1.165, 1.54) is 24.8 Å². The zero-order valence-electron chi connectivity index (χ0n) is 15.2. The molecule has 130 valence electrons. The first-order valence-corrected chi connectivity index (χ1v) is 8.66. The summed E-state index contributed by atoms with van der Waals surface area (Å²) >= 11 is 0. The van der Waals surface area contributed by atoms with E-state index in [9.17, 15) is 4.79 Å². The Morgan fingerprint density at radius 3 is 2.35 bits per heavy atom. The summed E-state index contributed by atoms with van der Waals surface area (Å²) in [6, 6.07) is 8.56. The molecule has 0 bridgehead atoms. The lowest BCUT2D eigenvalue weighted by molar-refractivity contribution is 0.0636. The maximum atomic E-state index is 11.7. The highest BCUT2D eigenvalue weighted by molar-refractivity contribution is 5.84. The van der Waals surface area contributed by atoms with Gasteiger partial charge in [-0.25, -0.2) is 4.79 Å². The second-order valence-corrected chi connectivity index (χ2v) is 6.92. The van der Waals surface area contributed by atoms with Crippen molar-refractivity contribution in [2.75, 3.05) is 11.9 Å². The molecule has 0 radical (unpaired) electrons. The van der Waals surface area contributed by atoms with Crippen molar-refractivity contribution in [3.8, 4) is 0 Å². The first-order valence-electron chi connectivity index (χ1n) is 8.66. The van der Waals surface area contributed by atoms with Gasteiger partial charge in [0.1, 0.15) is 5.60 Å². The Morgan fingerprint density at radius 2 is 1.83 bits per heavy atom. The third-order valence-corrected chi connectivity index (χ3v) is 3.58. The lowest BCUT2D eigenvalue weighted by Crippen LogP contribution is -2.30. The Morgan fingerprint density at radius 1 is 1.17 bits per heavy atom. The smallest absolute Gasteiger partial charge is 0.412 e. The molecule has 0 aromatic heterocycles. The summed E-state index contributed by atoms with van der Waals surface area (Å²) in [6.07, 6.45) is 4.20. The summed E-state index contributed by atoms with van der Waals surface area (Å²) in [5, 5.41) is 6.35. The highest BCUT2D eigenvalue weighted by Gasteiger charge is 2.16. The number of hydrogen-bond donors (Lipinski definition) is 2. The average Bonchev–Trinajstić information content (AvgIpc) is 2.46. The number of carbonyl (C=O) groups excluding carboxylic acids is 1. The SMILES string of the molecule is CCCC(CC)NCCc1ccc(NC(=O)OC(C)(C)C)cc1. The number of benzene rings is 1. The first kappa shape index (κ1) is 19.5. The molecule has 0 aliphatic rings. The first-order chi connectivity index (χ1) is 10.8. The molecule has 2 N–H and O–H groups in total. The summed E-state index contributed by atoms with van der Waals surface area (Å²) in [5.41, 5.74) is 1.54. The highest BCUT2D eigenvalue weighted by Crippen LogP contribution is 2.13. The molecule has 1 rings (SSSR count). The largest absolute Gasteiger partial charge is 0.444 e. The maximum Gasteiger partial charge on any atom is 0.412 e. The molecule has 1 aromatic carbocycles. The molecule has 23 heavy (non-hydrogen) atoms. The number of amides is 1. The van der Waals surface area contributed by atoms with Crippen molar-refractivity contribution in [2.24, 2.45) is 0 Å². The van der Waals surface area contributed by atoms with Crippen LogP contribution in [0.3, 0.4) is 0 Å². The highest BCUT2D eigenvalue weighted by atomic mass is 16.6. The quantitative estimate of drug-likeness (QED) is 0.727. The number of anilines is 1. The fourth-order valence-electron chi connectivity index (χ4n) is 2.40. The monoisotopic (exact) mass is 320 g/mol. The molecule has 0 aliphatic heterocycles. The van der Waals surface area contributed by atoms with Crippen molar-refractivity contribution < 1.29 is 9.53 Å². The summed E-state index contributed by atoms with van der Waals surface area (Å²) in [7, 11) is 0. The summed E-state index contributed by atoms with van der Waals surface area (Å²) in [4.78, 5) is 11.7. The van der Waals surface area contributed by atoms with Crippen LogP contribution in [0.4, 0.5) is 10.5 Å². The van der Waals surface area contributed by atoms with E-state index in [1.807, 2.05) is 32.9 Å². The third-order valence-electron chi connectivity index (χ3n) is 3.58. The third kappa shape index (κ3) is 8.60. The molecule has 0 heterocycles. The predicted molar refractivity (Wildman–Crippen MR) is 97.0 cm³/mol. The van der Waals surface area contributed by atoms with Gasteiger partial charge in [0.15, 0.2) is 0 Å². The minimum atomic E-state index is -0.482. The van der Waals surface area contributed by atoms with Gasteiger partial charge in [-0.05, 0) is 64.3 Å².